The maximum Gasteiger partial charge on any atom is 0.244 e. The highest BCUT2D eigenvalue weighted by Gasteiger charge is 2.22. The van der Waals surface area contributed by atoms with Crippen LogP contribution in [0.15, 0.2) is 24.3 Å². The van der Waals surface area contributed by atoms with Gasteiger partial charge in [0, 0.05) is 11.6 Å². The van der Waals surface area contributed by atoms with Gasteiger partial charge in [-0.1, -0.05) is 20.3 Å². The quantitative estimate of drug-likeness (QED) is 0.714. The Balaban J connectivity index is 2.87. The summed E-state index contributed by atoms with van der Waals surface area (Å²) in [5.41, 5.74) is 6.03. The summed E-state index contributed by atoms with van der Waals surface area (Å²) < 4.78 is 10.4. The SMILES string of the molecule is CCC(C)C(NC(=O)C=Cc1cc(OC)ccc1OC)C(N)=O. The first-order valence-electron chi connectivity index (χ1n) is 7.42. The van der Waals surface area contributed by atoms with E-state index in [4.69, 9.17) is 15.2 Å². The van der Waals surface area contributed by atoms with Crippen molar-refractivity contribution in [2.75, 3.05) is 14.2 Å². The third-order valence-corrected chi connectivity index (χ3v) is 3.67. The molecule has 126 valence electrons. The summed E-state index contributed by atoms with van der Waals surface area (Å²) in [5, 5.41) is 2.63. The predicted molar refractivity (Wildman–Crippen MR) is 89.2 cm³/mol. The molecular weight excluding hydrogens is 296 g/mol. The van der Waals surface area contributed by atoms with Crippen molar-refractivity contribution >= 4 is 17.9 Å². The van der Waals surface area contributed by atoms with Crippen LogP contribution in [0.5, 0.6) is 11.5 Å². The lowest BCUT2D eigenvalue weighted by Gasteiger charge is -2.20. The fraction of sp³-hybridized carbons (Fsp3) is 0.412. The first-order chi connectivity index (χ1) is 10.9. The normalized spacial score (nSPS) is 13.4. The van der Waals surface area contributed by atoms with E-state index < -0.39 is 11.9 Å². The summed E-state index contributed by atoms with van der Waals surface area (Å²) in [6, 6.07) is 4.58. The Morgan fingerprint density at radius 1 is 1.30 bits per heavy atom. The van der Waals surface area contributed by atoms with Crippen molar-refractivity contribution in [3.05, 3.63) is 29.8 Å². The van der Waals surface area contributed by atoms with Crippen LogP contribution < -0.4 is 20.5 Å². The van der Waals surface area contributed by atoms with Crippen molar-refractivity contribution in [1.82, 2.24) is 5.32 Å². The maximum atomic E-state index is 12.0. The molecule has 1 aromatic carbocycles. The molecule has 0 aliphatic heterocycles. The van der Waals surface area contributed by atoms with E-state index >= 15 is 0 Å². The van der Waals surface area contributed by atoms with Crippen LogP contribution in [0, 0.1) is 5.92 Å². The highest BCUT2D eigenvalue weighted by molar-refractivity contribution is 5.95. The molecule has 6 heteroatoms. The molecule has 2 amide bonds. The van der Waals surface area contributed by atoms with E-state index in [1.165, 1.54) is 6.08 Å². The lowest BCUT2D eigenvalue weighted by molar-refractivity contribution is -0.126. The van der Waals surface area contributed by atoms with Crippen LogP contribution >= 0.6 is 0 Å². The van der Waals surface area contributed by atoms with Gasteiger partial charge in [0.05, 0.1) is 14.2 Å². The van der Waals surface area contributed by atoms with Crippen molar-refractivity contribution in [1.29, 1.82) is 0 Å². The molecule has 0 heterocycles. The standard InChI is InChI=1S/C17H24N2O4/c1-5-11(2)16(17(18)21)19-15(20)9-6-12-10-13(22-3)7-8-14(12)23-4/h6-11,16H,5H2,1-4H3,(H2,18,21)(H,19,20). The molecule has 1 aromatic rings. The number of benzene rings is 1. The Hall–Kier alpha value is -2.50. The van der Waals surface area contributed by atoms with E-state index in [0.717, 1.165) is 6.42 Å². The molecule has 0 aliphatic rings. The number of amides is 2. The molecule has 0 radical (unpaired) electrons. The van der Waals surface area contributed by atoms with Gasteiger partial charge in [-0.3, -0.25) is 9.59 Å². The number of hydrogen-bond acceptors (Lipinski definition) is 4. The molecular formula is C17H24N2O4. The molecule has 23 heavy (non-hydrogen) atoms. The summed E-state index contributed by atoms with van der Waals surface area (Å²) >= 11 is 0. The van der Waals surface area contributed by atoms with E-state index in [1.54, 1.807) is 38.5 Å². The fourth-order valence-corrected chi connectivity index (χ4v) is 2.07. The fourth-order valence-electron chi connectivity index (χ4n) is 2.07. The predicted octanol–water partition coefficient (Wildman–Crippen LogP) is 1.73. The Morgan fingerprint density at radius 2 is 2.00 bits per heavy atom. The number of rotatable bonds is 8. The molecule has 6 nitrogen and oxygen atoms in total. The molecule has 0 aromatic heterocycles. The van der Waals surface area contributed by atoms with Gasteiger partial charge in [-0.05, 0) is 30.2 Å². The topological polar surface area (TPSA) is 90.7 Å². The van der Waals surface area contributed by atoms with Gasteiger partial charge in [0.25, 0.3) is 0 Å². The summed E-state index contributed by atoms with van der Waals surface area (Å²) in [7, 11) is 3.11. The first-order valence-corrected chi connectivity index (χ1v) is 7.42. The van der Waals surface area contributed by atoms with E-state index in [0.29, 0.717) is 17.1 Å². The summed E-state index contributed by atoms with van der Waals surface area (Å²) in [6.07, 6.45) is 3.68. The largest absolute Gasteiger partial charge is 0.497 e. The minimum absolute atomic E-state index is 0.0313. The smallest absolute Gasteiger partial charge is 0.244 e. The summed E-state index contributed by atoms with van der Waals surface area (Å²) in [5.74, 6) is 0.305. The molecule has 0 aliphatic carbocycles. The van der Waals surface area contributed by atoms with Gasteiger partial charge in [0.2, 0.25) is 11.8 Å². The maximum absolute atomic E-state index is 12.0. The second-order valence-electron chi connectivity index (χ2n) is 5.22. The van der Waals surface area contributed by atoms with E-state index in [1.807, 2.05) is 13.8 Å². The zero-order chi connectivity index (χ0) is 17.4. The molecule has 3 N–H and O–H groups in total. The molecule has 1 rings (SSSR count). The number of ether oxygens (including phenoxy) is 2. The van der Waals surface area contributed by atoms with Gasteiger partial charge < -0.3 is 20.5 Å². The van der Waals surface area contributed by atoms with Crippen LogP contribution in [0.2, 0.25) is 0 Å². The Bertz CT molecular complexity index is 584. The summed E-state index contributed by atoms with van der Waals surface area (Å²) in [6.45, 7) is 3.80. The van der Waals surface area contributed by atoms with Gasteiger partial charge in [-0.2, -0.15) is 0 Å². The molecule has 2 unspecified atom stereocenters. The van der Waals surface area contributed by atoms with Crippen molar-refractivity contribution in [2.45, 2.75) is 26.3 Å². The van der Waals surface area contributed by atoms with Crippen molar-refractivity contribution in [3.8, 4) is 11.5 Å². The van der Waals surface area contributed by atoms with Gasteiger partial charge in [0.15, 0.2) is 0 Å². The minimum Gasteiger partial charge on any atom is -0.497 e. The zero-order valence-corrected chi connectivity index (χ0v) is 14.0. The lowest BCUT2D eigenvalue weighted by Crippen LogP contribution is -2.47. The van der Waals surface area contributed by atoms with Gasteiger partial charge in [-0.15, -0.1) is 0 Å². The third kappa shape index (κ3) is 5.32. The minimum atomic E-state index is -0.690. The van der Waals surface area contributed by atoms with Crippen LogP contribution in [-0.2, 0) is 9.59 Å². The second-order valence-corrected chi connectivity index (χ2v) is 5.22. The Kier molecular flexibility index (Phi) is 7.12. The van der Waals surface area contributed by atoms with Crippen LogP contribution in [0.1, 0.15) is 25.8 Å². The van der Waals surface area contributed by atoms with Crippen LogP contribution in [-0.4, -0.2) is 32.1 Å². The van der Waals surface area contributed by atoms with Gasteiger partial charge >= 0.3 is 0 Å². The number of nitrogens with one attached hydrogen (secondary N) is 1. The monoisotopic (exact) mass is 320 g/mol. The molecule has 0 saturated heterocycles. The highest BCUT2D eigenvalue weighted by Crippen LogP contribution is 2.25. The first kappa shape index (κ1) is 18.5. The average Bonchev–Trinajstić information content (AvgIpc) is 2.56. The van der Waals surface area contributed by atoms with Crippen LogP contribution in [0.3, 0.4) is 0 Å². The van der Waals surface area contributed by atoms with Crippen molar-refractivity contribution < 1.29 is 19.1 Å². The van der Waals surface area contributed by atoms with E-state index in [2.05, 4.69) is 5.32 Å². The second kappa shape index (κ2) is 8.82. The number of primary amides is 1. The molecule has 2 atom stereocenters. The summed E-state index contributed by atoms with van der Waals surface area (Å²) in [4.78, 5) is 23.5. The number of nitrogens with two attached hydrogens (primary N) is 1. The third-order valence-electron chi connectivity index (χ3n) is 3.67. The number of hydrogen-bond donors (Lipinski definition) is 2. The Labute approximate surface area is 136 Å². The molecule has 0 saturated carbocycles. The number of carbonyl (C=O) groups is 2. The number of carbonyl (C=O) groups excluding carboxylic acids is 2. The van der Waals surface area contributed by atoms with E-state index in [-0.39, 0.29) is 11.8 Å². The molecule has 0 spiro atoms. The van der Waals surface area contributed by atoms with Crippen LogP contribution in [0.4, 0.5) is 0 Å². The Morgan fingerprint density at radius 3 is 2.52 bits per heavy atom. The highest BCUT2D eigenvalue weighted by atomic mass is 16.5. The van der Waals surface area contributed by atoms with Crippen molar-refractivity contribution in [3.63, 3.8) is 0 Å². The van der Waals surface area contributed by atoms with Crippen LogP contribution in [0.25, 0.3) is 6.08 Å². The van der Waals surface area contributed by atoms with Gasteiger partial charge in [0.1, 0.15) is 17.5 Å². The van der Waals surface area contributed by atoms with E-state index in [9.17, 15) is 9.59 Å². The molecule has 0 fully saturated rings. The lowest BCUT2D eigenvalue weighted by atomic mass is 9.98. The molecule has 0 bridgehead atoms. The number of methoxy groups -OCH3 is 2. The van der Waals surface area contributed by atoms with Crippen molar-refractivity contribution in [2.24, 2.45) is 11.7 Å². The zero-order valence-electron chi connectivity index (χ0n) is 14.0. The average molecular weight is 320 g/mol. The van der Waals surface area contributed by atoms with Gasteiger partial charge in [-0.25, -0.2) is 0 Å².